The van der Waals surface area contributed by atoms with Crippen LogP contribution in [0.15, 0.2) is 41.4 Å². The van der Waals surface area contributed by atoms with Crippen LogP contribution in [0.4, 0.5) is 0 Å². The molecule has 3 N–H and O–H groups in total. The second kappa shape index (κ2) is 6.51. The lowest BCUT2D eigenvalue weighted by atomic mass is 10.0. The monoisotopic (exact) mass is 307 g/mol. The molecule has 6 heteroatoms. The van der Waals surface area contributed by atoms with Gasteiger partial charge in [-0.3, -0.25) is 4.98 Å². The summed E-state index contributed by atoms with van der Waals surface area (Å²) >= 11 is 0. The molecule has 0 spiro atoms. The van der Waals surface area contributed by atoms with E-state index in [1.165, 1.54) is 0 Å². The SMILES string of the molecule is CC(C)C(CCN)NS(=O)(=O)c1cccc2ncccc12. The number of hydrogen-bond donors (Lipinski definition) is 2. The Morgan fingerprint density at radius 3 is 2.67 bits per heavy atom. The van der Waals surface area contributed by atoms with Gasteiger partial charge in [0.2, 0.25) is 10.0 Å². The van der Waals surface area contributed by atoms with Crippen LogP contribution in [0.3, 0.4) is 0 Å². The molecule has 0 radical (unpaired) electrons. The third-order valence-corrected chi connectivity index (χ3v) is 5.03. The first kappa shape index (κ1) is 15.9. The summed E-state index contributed by atoms with van der Waals surface area (Å²) in [6.45, 7) is 4.41. The van der Waals surface area contributed by atoms with E-state index in [9.17, 15) is 8.42 Å². The standard InChI is InChI=1S/C15H21N3O2S/c1-11(2)13(8-9-16)18-21(19,20)15-7-3-6-14-12(15)5-4-10-17-14/h3-7,10-11,13,18H,8-9,16H2,1-2H3. The number of rotatable bonds is 6. The van der Waals surface area contributed by atoms with Gasteiger partial charge in [-0.2, -0.15) is 0 Å². The summed E-state index contributed by atoms with van der Waals surface area (Å²) in [6, 6.07) is 8.44. The van der Waals surface area contributed by atoms with E-state index in [4.69, 9.17) is 5.73 Å². The summed E-state index contributed by atoms with van der Waals surface area (Å²) < 4.78 is 28.1. The Kier molecular flexibility index (Phi) is 4.92. The lowest BCUT2D eigenvalue weighted by Crippen LogP contribution is -2.39. The molecule has 2 rings (SSSR count). The number of pyridine rings is 1. The van der Waals surface area contributed by atoms with Gasteiger partial charge in [0, 0.05) is 17.6 Å². The third-order valence-electron chi connectivity index (χ3n) is 3.48. The highest BCUT2D eigenvalue weighted by Gasteiger charge is 2.23. The van der Waals surface area contributed by atoms with Gasteiger partial charge < -0.3 is 5.73 Å². The molecule has 0 fully saturated rings. The van der Waals surface area contributed by atoms with E-state index >= 15 is 0 Å². The maximum atomic E-state index is 12.7. The average molecular weight is 307 g/mol. The Hall–Kier alpha value is -1.50. The molecule has 1 aromatic carbocycles. The second-order valence-electron chi connectivity index (χ2n) is 5.38. The molecule has 0 saturated heterocycles. The average Bonchev–Trinajstić information content (AvgIpc) is 2.46. The number of nitrogens with zero attached hydrogens (tertiary/aromatic N) is 1. The summed E-state index contributed by atoms with van der Waals surface area (Å²) in [5, 5.41) is 0.628. The smallest absolute Gasteiger partial charge is 0.241 e. The number of hydrogen-bond acceptors (Lipinski definition) is 4. The van der Waals surface area contributed by atoms with Gasteiger partial charge in [0.15, 0.2) is 0 Å². The van der Waals surface area contributed by atoms with E-state index < -0.39 is 10.0 Å². The molecule has 1 aromatic heterocycles. The van der Waals surface area contributed by atoms with Crippen molar-refractivity contribution in [3.8, 4) is 0 Å². The predicted molar refractivity (Wildman–Crippen MR) is 84.4 cm³/mol. The van der Waals surface area contributed by atoms with Crippen molar-refractivity contribution in [1.82, 2.24) is 9.71 Å². The third kappa shape index (κ3) is 3.58. The summed E-state index contributed by atoms with van der Waals surface area (Å²) in [7, 11) is -3.60. The molecular formula is C15H21N3O2S. The van der Waals surface area contributed by atoms with Crippen molar-refractivity contribution in [2.45, 2.75) is 31.2 Å². The molecule has 2 aromatic rings. The summed E-state index contributed by atoms with van der Waals surface area (Å²) in [5.74, 6) is 0.177. The van der Waals surface area contributed by atoms with Crippen LogP contribution in [0.5, 0.6) is 0 Å². The highest BCUT2D eigenvalue weighted by Crippen LogP contribution is 2.22. The fraction of sp³-hybridized carbons (Fsp3) is 0.400. The van der Waals surface area contributed by atoms with Gasteiger partial charge in [-0.1, -0.05) is 19.9 Å². The van der Waals surface area contributed by atoms with Crippen molar-refractivity contribution in [2.75, 3.05) is 6.54 Å². The molecule has 0 saturated carbocycles. The van der Waals surface area contributed by atoms with E-state index in [0.29, 0.717) is 23.9 Å². The first-order valence-electron chi connectivity index (χ1n) is 7.02. The van der Waals surface area contributed by atoms with Gasteiger partial charge in [0.1, 0.15) is 0 Å². The van der Waals surface area contributed by atoms with Crippen molar-refractivity contribution in [2.24, 2.45) is 11.7 Å². The molecule has 114 valence electrons. The molecule has 0 aliphatic rings. The minimum absolute atomic E-state index is 0.174. The number of sulfonamides is 1. The normalized spacial score (nSPS) is 13.7. The lowest BCUT2D eigenvalue weighted by molar-refractivity contribution is 0.428. The molecule has 5 nitrogen and oxygen atoms in total. The Morgan fingerprint density at radius 2 is 2.00 bits per heavy atom. The van der Waals surface area contributed by atoms with Crippen molar-refractivity contribution >= 4 is 20.9 Å². The van der Waals surface area contributed by atoms with Crippen LogP contribution in [0.25, 0.3) is 10.9 Å². The summed E-state index contributed by atoms with van der Waals surface area (Å²) in [4.78, 5) is 4.45. The van der Waals surface area contributed by atoms with Gasteiger partial charge in [-0.15, -0.1) is 0 Å². The first-order chi connectivity index (χ1) is 9.95. The Bertz CT molecular complexity index is 708. The summed E-state index contributed by atoms with van der Waals surface area (Å²) in [6.07, 6.45) is 2.26. The quantitative estimate of drug-likeness (QED) is 0.853. The highest BCUT2D eigenvalue weighted by molar-refractivity contribution is 7.89. The van der Waals surface area contributed by atoms with E-state index in [1.807, 2.05) is 13.8 Å². The van der Waals surface area contributed by atoms with Crippen molar-refractivity contribution in [3.63, 3.8) is 0 Å². The number of nitrogens with one attached hydrogen (secondary N) is 1. The minimum atomic E-state index is -3.60. The number of nitrogens with two attached hydrogens (primary N) is 1. The number of aromatic nitrogens is 1. The van der Waals surface area contributed by atoms with Crippen LogP contribution < -0.4 is 10.5 Å². The van der Waals surface area contributed by atoms with Gasteiger partial charge in [0.25, 0.3) is 0 Å². The van der Waals surface area contributed by atoms with Crippen LogP contribution in [-0.4, -0.2) is 26.0 Å². The van der Waals surface area contributed by atoms with Crippen LogP contribution >= 0.6 is 0 Å². The predicted octanol–water partition coefficient (Wildman–Crippen LogP) is 1.89. The van der Waals surface area contributed by atoms with Crippen LogP contribution in [0.1, 0.15) is 20.3 Å². The van der Waals surface area contributed by atoms with E-state index in [1.54, 1.807) is 36.5 Å². The van der Waals surface area contributed by atoms with Gasteiger partial charge in [0.05, 0.1) is 10.4 Å². The van der Waals surface area contributed by atoms with Gasteiger partial charge in [-0.05, 0) is 43.1 Å². The number of fused-ring (bicyclic) bond motifs is 1. The molecular weight excluding hydrogens is 286 g/mol. The maximum absolute atomic E-state index is 12.7. The van der Waals surface area contributed by atoms with Crippen molar-refractivity contribution in [3.05, 3.63) is 36.5 Å². The Labute approximate surface area is 125 Å². The molecule has 0 bridgehead atoms. The fourth-order valence-electron chi connectivity index (χ4n) is 2.28. The van der Waals surface area contributed by atoms with E-state index in [2.05, 4.69) is 9.71 Å². The second-order valence-corrected chi connectivity index (χ2v) is 7.06. The van der Waals surface area contributed by atoms with E-state index in [-0.39, 0.29) is 16.9 Å². The zero-order valence-electron chi connectivity index (χ0n) is 12.3. The molecule has 1 atom stereocenters. The van der Waals surface area contributed by atoms with Crippen LogP contribution in [0, 0.1) is 5.92 Å². The van der Waals surface area contributed by atoms with Crippen LogP contribution in [0.2, 0.25) is 0 Å². The zero-order valence-corrected chi connectivity index (χ0v) is 13.1. The minimum Gasteiger partial charge on any atom is -0.330 e. The molecule has 1 heterocycles. The largest absolute Gasteiger partial charge is 0.330 e. The molecule has 0 aliphatic heterocycles. The fourth-order valence-corrected chi connectivity index (χ4v) is 3.92. The first-order valence-corrected chi connectivity index (χ1v) is 8.50. The Balaban J connectivity index is 2.42. The zero-order chi connectivity index (χ0) is 15.5. The van der Waals surface area contributed by atoms with E-state index in [0.717, 1.165) is 0 Å². The van der Waals surface area contributed by atoms with Crippen LogP contribution in [-0.2, 0) is 10.0 Å². The topological polar surface area (TPSA) is 85.1 Å². The molecule has 0 aliphatic carbocycles. The highest BCUT2D eigenvalue weighted by atomic mass is 32.2. The van der Waals surface area contributed by atoms with Crippen molar-refractivity contribution < 1.29 is 8.42 Å². The molecule has 0 amide bonds. The molecule has 21 heavy (non-hydrogen) atoms. The van der Waals surface area contributed by atoms with Gasteiger partial charge in [-0.25, -0.2) is 13.1 Å². The maximum Gasteiger partial charge on any atom is 0.241 e. The lowest BCUT2D eigenvalue weighted by Gasteiger charge is -2.22. The molecule has 1 unspecified atom stereocenters. The Morgan fingerprint density at radius 1 is 1.24 bits per heavy atom. The summed E-state index contributed by atoms with van der Waals surface area (Å²) in [5.41, 5.74) is 6.24. The van der Waals surface area contributed by atoms with Crippen molar-refractivity contribution in [1.29, 1.82) is 0 Å². The van der Waals surface area contributed by atoms with Gasteiger partial charge >= 0.3 is 0 Å². The number of benzene rings is 1.